The molecule has 0 aromatic heterocycles. The number of alkyl halides is 5. The zero-order chi connectivity index (χ0) is 7.71. The van der Waals surface area contributed by atoms with Gasteiger partial charge >= 0.3 is 9.85 Å². The predicted molar refractivity (Wildman–Crippen MR) is 29.5 cm³/mol. The van der Waals surface area contributed by atoms with Gasteiger partial charge in [0, 0.05) is 0 Å². The van der Waals surface area contributed by atoms with Gasteiger partial charge in [0.1, 0.15) is 6.07 Å². The number of hydrogen-bond donors (Lipinski definition) is 0. The molecule has 0 aliphatic heterocycles. The summed E-state index contributed by atoms with van der Waals surface area (Å²) in [5, 5.41) is 7.58. The maximum atomic E-state index is 11.8. The Labute approximate surface area is 61.8 Å². The van der Waals surface area contributed by atoms with E-state index in [1.165, 1.54) is 0 Å². The molecule has 0 spiro atoms. The molecule has 0 aromatic rings. The zero-order valence-corrected chi connectivity index (χ0v) is 5.99. The van der Waals surface area contributed by atoms with Gasteiger partial charge in [-0.25, -0.2) is 4.39 Å². The lowest BCUT2D eigenvalue weighted by molar-refractivity contribution is -0.170. The van der Waals surface area contributed by atoms with Gasteiger partial charge in [-0.1, -0.05) is 0 Å². The highest BCUT2D eigenvalue weighted by Crippen LogP contribution is 2.38. The van der Waals surface area contributed by atoms with Crippen LogP contribution in [0.25, 0.3) is 0 Å². The summed E-state index contributed by atoms with van der Waals surface area (Å²) < 4.78 is 41.8. The number of rotatable bonds is 0. The van der Waals surface area contributed by atoms with Gasteiger partial charge < -0.3 is 0 Å². The van der Waals surface area contributed by atoms with Gasteiger partial charge in [-0.2, -0.15) is 18.4 Å². The van der Waals surface area contributed by atoms with E-state index in [1.807, 2.05) is 0 Å². The summed E-state index contributed by atoms with van der Waals surface area (Å²) in [6, 6.07) is 0.476. The van der Waals surface area contributed by atoms with Crippen molar-refractivity contribution < 1.29 is 17.6 Å². The normalized spacial score (nSPS) is 18.2. The average Bonchev–Trinajstić information content (AvgIpc) is 1.64. The third-order valence-corrected chi connectivity index (χ3v) is 1.35. The molecule has 0 rings (SSSR count). The molecule has 0 aliphatic carbocycles. The zero-order valence-electron chi connectivity index (χ0n) is 3.84. The van der Waals surface area contributed by atoms with Crippen molar-refractivity contribution in [2.45, 2.75) is 9.85 Å². The van der Waals surface area contributed by atoms with Crippen molar-refractivity contribution in [2.24, 2.45) is 0 Å². The fourth-order valence-corrected chi connectivity index (χ4v) is 0.0634. The topological polar surface area (TPSA) is 23.8 Å². The molecule has 1 nitrogen and oxygen atoms in total. The first kappa shape index (κ1) is 8.94. The number of halogens is 5. The van der Waals surface area contributed by atoms with E-state index in [-0.39, 0.29) is 0 Å². The van der Waals surface area contributed by atoms with Crippen molar-refractivity contribution in [3.63, 3.8) is 0 Å². The van der Waals surface area contributed by atoms with Crippen molar-refractivity contribution in [3.8, 4) is 6.07 Å². The van der Waals surface area contributed by atoms with E-state index >= 15 is 0 Å². The molecular weight excluding hydrogens is 253 g/mol. The van der Waals surface area contributed by atoms with Gasteiger partial charge in [0.15, 0.2) is 0 Å². The second-order valence-electron chi connectivity index (χ2n) is 1.18. The molecule has 6 heteroatoms. The first-order valence-corrected chi connectivity index (χ1v) is 2.75. The van der Waals surface area contributed by atoms with Crippen molar-refractivity contribution in [3.05, 3.63) is 0 Å². The van der Waals surface area contributed by atoms with Gasteiger partial charge in [0.05, 0.1) is 0 Å². The van der Waals surface area contributed by atoms with Crippen LogP contribution in [0.4, 0.5) is 17.6 Å². The Morgan fingerprint density at radius 3 is 1.56 bits per heavy atom. The summed E-state index contributed by atoms with van der Waals surface area (Å²) in [5.41, 5.74) is 0. The maximum absolute atomic E-state index is 11.8. The minimum atomic E-state index is -5.09. The van der Waals surface area contributed by atoms with Crippen LogP contribution in [0, 0.1) is 11.3 Å². The molecule has 0 saturated carbocycles. The maximum Gasteiger partial charge on any atom is 0.446 e. The van der Waals surface area contributed by atoms with Crippen LogP contribution in [-0.2, 0) is 0 Å². The summed E-state index contributed by atoms with van der Waals surface area (Å²) in [5.74, 6) is 0. The lowest BCUT2D eigenvalue weighted by atomic mass is 10.4. The first-order valence-electron chi connectivity index (χ1n) is 1.67. The summed E-state index contributed by atoms with van der Waals surface area (Å²) >= 11 is 0.394. The standard InChI is InChI=1S/C3F4IN/c4-2(8,1-9)3(5,6)7. The van der Waals surface area contributed by atoms with E-state index < -0.39 is 9.85 Å². The molecule has 0 bridgehead atoms. The first-order chi connectivity index (χ1) is 3.81. The highest BCUT2D eigenvalue weighted by Gasteiger charge is 2.54. The number of nitriles is 1. The fraction of sp³-hybridized carbons (Fsp3) is 0.667. The largest absolute Gasteiger partial charge is 0.446 e. The molecule has 9 heavy (non-hydrogen) atoms. The van der Waals surface area contributed by atoms with E-state index in [9.17, 15) is 17.6 Å². The Balaban J connectivity index is 4.39. The van der Waals surface area contributed by atoms with Crippen LogP contribution in [0.1, 0.15) is 0 Å². The summed E-state index contributed by atoms with van der Waals surface area (Å²) in [4.78, 5) is 0. The minimum Gasteiger partial charge on any atom is -0.205 e. The Bertz CT molecular complexity index is 143. The second-order valence-corrected chi connectivity index (χ2v) is 2.67. The van der Waals surface area contributed by atoms with Crippen LogP contribution in [0.2, 0.25) is 0 Å². The molecule has 1 atom stereocenters. The molecule has 0 amide bonds. The van der Waals surface area contributed by atoms with Crippen LogP contribution < -0.4 is 0 Å². The SMILES string of the molecule is N#CC(F)(I)C(F)(F)F. The van der Waals surface area contributed by atoms with Crippen LogP contribution in [0.15, 0.2) is 0 Å². The van der Waals surface area contributed by atoms with Gasteiger partial charge in [0.2, 0.25) is 0 Å². The third-order valence-electron chi connectivity index (χ3n) is 0.496. The predicted octanol–water partition coefficient (Wildman–Crippen LogP) is 2.17. The number of hydrogen-bond acceptors (Lipinski definition) is 1. The molecule has 0 aliphatic rings. The summed E-state index contributed by atoms with van der Waals surface area (Å²) in [7, 11) is 0. The molecule has 0 heterocycles. The Morgan fingerprint density at radius 1 is 1.22 bits per heavy atom. The quantitative estimate of drug-likeness (QED) is 0.368. The van der Waals surface area contributed by atoms with E-state index in [4.69, 9.17) is 5.26 Å². The van der Waals surface area contributed by atoms with E-state index in [0.29, 0.717) is 28.7 Å². The Kier molecular flexibility index (Phi) is 2.27. The fourth-order valence-electron chi connectivity index (χ4n) is 0.0634. The van der Waals surface area contributed by atoms with Crippen molar-refractivity contribution in [1.82, 2.24) is 0 Å². The van der Waals surface area contributed by atoms with Crippen LogP contribution in [-0.4, -0.2) is 9.85 Å². The lowest BCUT2D eigenvalue weighted by Crippen LogP contribution is -2.32. The monoisotopic (exact) mass is 253 g/mol. The smallest absolute Gasteiger partial charge is 0.205 e. The Hall–Kier alpha value is -0.0600. The highest BCUT2D eigenvalue weighted by atomic mass is 127. The van der Waals surface area contributed by atoms with Gasteiger partial charge in [-0.15, -0.1) is 0 Å². The summed E-state index contributed by atoms with van der Waals surface area (Å²) in [6.07, 6.45) is -5.09. The van der Waals surface area contributed by atoms with Crippen LogP contribution >= 0.6 is 22.6 Å². The molecular formula is C3F4IN. The molecule has 0 aromatic carbocycles. The van der Waals surface area contributed by atoms with Gasteiger partial charge in [0.25, 0.3) is 0 Å². The van der Waals surface area contributed by atoms with Crippen LogP contribution in [0.3, 0.4) is 0 Å². The lowest BCUT2D eigenvalue weighted by Gasteiger charge is -2.12. The molecule has 0 fully saturated rings. The molecule has 0 radical (unpaired) electrons. The van der Waals surface area contributed by atoms with Gasteiger partial charge in [-0.3, -0.25) is 0 Å². The number of nitrogens with zero attached hydrogens (tertiary/aromatic N) is 1. The van der Waals surface area contributed by atoms with Crippen LogP contribution in [0.5, 0.6) is 0 Å². The Morgan fingerprint density at radius 2 is 1.56 bits per heavy atom. The van der Waals surface area contributed by atoms with Gasteiger partial charge in [-0.05, 0) is 22.6 Å². The van der Waals surface area contributed by atoms with Crippen molar-refractivity contribution in [1.29, 1.82) is 5.26 Å². The minimum absolute atomic E-state index is 0.394. The van der Waals surface area contributed by atoms with Crippen molar-refractivity contribution >= 4 is 22.6 Å². The van der Waals surface area contributed by atoms with E-state index in [1.54, 1.807) is 0 Å². The van der Waals surface area contributed by atoms with Crippen molar-refractivity contribution in [2.75, 3.05) is 0 Å². The average molecular weight is 253 g/mol. The third kappa shape index (κ3) is 1.97. The van der Waals surface area contributed by atoms with E-state index in [0.717, 1.165) is 0 Å². The highest BCUT2D eigenvalue weighted by molar-refractivity contribution is 14.1. The molecule has 0 N–H and O–H groups in total. The second kappa shape index (κ2) is 2.28. The summed E-state index contributed by atoms with van der Waals surface area (Å²) in [6.45, 7) is 0. The van der Waals surface area contributed by atoms with E-state index in [2.05, 4.69) is 0 Å². The molecule has 1 unspecified atom stereocenters. The molecule has 0 saturated heterocycles. The molecule has 52 valence electrons.